The largest absolute Gasteiger partial charge is 0.481 e. The minimum Gasteiger partial charge on any atom is -0.481 e. The van der Waals surface area contributed by atoms with E-state index >= 15 is 0 Å². The summed E-state index contributed by atoms with van der Waals surface area (Å²) in [5.41, 5.74) is 0. The van der Waals surface area contributed by atoms with E-state index in [4.69, 9.17) is 69.6 Å². The number of rotatable bonds is 2. The molecule has 1 fully saturated rings. The quantitative estimate of drug-likeness (QED) is 0.712. The Labute approximate surface area is 137 Å². The average molecular weight is 389 g/mol. The van der Waals surface area contributed by atoms with E-state index in [-0.39, 0.29) is 10.1 Å². The summed E-state index contributed by atoms with van der Waals surface area (Å²) in [6.45, 7) is 0. The summed E-state index contributed by atoms with van der Waals surface area (Å²) >= 11 is 36.2. The fraction of sp³-hybridized carbons (Fsp3) is 0.556. The Morgan fingerprint density at radius 3 is 1.32 bits per heavy atom. The highest BCUT2D eigenvalue weighted by Crippen LogP contribution is 2.76. The molecule has 4 nitrogen and oxygen atoms in total. The first-order valence-electron chi connectivity index (χ1n) is 4.73. The molecule has 2 rings (SSSR count). The molecule has 0 aromatic heterocycles. The van der Waals surface area contributed by atoms with Crippen molar-refractivity contribution in [3.05, 3.63) is 10.1 Å². The molecule has 4 atom stereocenters. The maximum atomic E-state index is 11.3. The van der Waals surface area contributed by atoms with Gasteiger partial charge in [0.25, 0.3) is 0 Å². The lowest BCUT2D eigenvalue weighted by molar-refractivity contribution is -0.153. The minimum absolute atomic E-state index is 0.347. The number of aliphatic carboxylic acids is 2. The van der Waals surface area contributed by atoms with Crippen LogP contribution < -0.4 is 0 Å². The maximum Gasteiger partial charge on any atom is 0.309 e. The van der Waals surface area contributed by atoms with Gasteiger partial charge in [-0.1, -0.05) is 46.4 Å². The molecular weight excluding hydrogens is 385 g/mol. The highest BCUT2D eigenvalue weighted by atomic mass is 35.5. The van der Waals surface area contributed by atoms with E-state index in [1.54, 1.807) is 0 Å². The summed E-state index contributed by atoms with van der Waals surface area (Å²) in [5.74, 6) is -6.49. The molecule has 0 aromatic rings. The molecule has 2 bridgehead atoms. The number of halogens is 6. The van der Waals surface area contributed by atoms with E-state index in [2.05, 4.69) is 0 Å². The molecule has 2 aliphatic rings. The van der Waals surface area contributed by atoms with Crippen LogP contribution in [-0.2, 0) is 9.59 Å². The first kappa shape index (κ1) is 15.8. The lowest BCUT2D eigenvalue weighted by atomic mass is 9.82. The van der Waals surface area contributed by atoms with Crippen molar-refractivity contribution in [2.45, 2.75) is 14.1 Å². The Hall–Kier alpha value is 0.420. The number of carboxylic acid groups (broad SMARTS) is 2. The van der Waals surface area contributed by atoms with Gasteiger partial charge in [-0.05, 0) is 0 Å². The molecule has 0 spiro atoms. The molecule has 106 valence electrons. The van der Waals surface area contributed by atoms with E-state index in [1.807, 2.05) is 0 Å². The summed E-state index contributed by atoms with van der Waals surface area (Å²) in [4.78, 5) is 18.5. The maximum absolute atomic E-state index is 11.3. The zero-order chi connectivity index (χ0) is 15.0. The van der Waals surface area contributed by atoms with Gasteiger partial charge in [0, 0.05) is 0 Å². The fourth-order valence-corrected chi connectivity index (χ4v) is 5.54. The number of allylic oxidation sites excluding steroid dienone is 2. The van der Waals surface area contributed by atoms with Gasteiger partial charge in [-0.25, -0.2) is 0 Å². The van der Waals surface area contributed by atoms with Crippen LogP contribution in [0.25, 0.3) is 0 Å². The molecule has 0 unspecified atom stereocenters. The second-order valence-corrected chi connectivity index (χ2v) is 7.53. The molecule has 2 aliphatic carbocycles. The lowest BCUT2D eigenvalue weighted by Crippen LogP contribution is -2.45. The van der Waals surface area contributed by atoms with Gasteiger partial charge in [-0.2, -0.15) is 0 Å². The van der Waals surface area contributed by atoms with Gasteiger partial charge in [0.1, 0.15) is 9.75 Å². The second-order valence-electron chi connectivity index (χ2n) is 4.26. The van der Waals surface area contributed by atoms with E-state index in [0.29, 0.717) is 0 Å². The monoisotopic (exact) mass is 386 g/mol. The zero-order valence-electron chi connectivity index (χ0n) is 8.63. The average Bonchev–Trinajstić information content (AvgIpc) is 2.48. The molecule has 0 radical (unpaired) electrons. The minimum atomic E-state index is -2.18. The van der Waals surface area contributed by atoms with Crippen LogP contribution in [-0.4, -0.2) is 36.2 Å². The van der Waals surface area contributed by atoms with Gasteiger partial charge < -0.3 is 10.2 Å². The highest BCUT2D eigenvalue weighted by molar-refractivity contribution is 6.66. The molecule has 0 amide bonds. The third-order valence-electron chi connectivity index (χ3n) is 3.47. The van der Waals surface area contributed by atoms with Crippen LogP contribution >= 0.6 is 69.6 Å². The number of alkyl halides is 4. The number of carbonyl (C=O) groups is 2. The number of hydrogen-bond acceptors (Lipinski definition) is 2. The lowest BCUT2D eigenvalue weighted by Gasteiger charge is -2.31. The second kappa shape index (κ2) is 4.21. The van der Waals surface area contributed by atoms with Crippen molar-refractivity contribution in [2.24, 2.45) is 11.8 Å². The van der Waals surface area contributed by atoms with Crippen LogP contribution in [0.1, 0.15) is 0 Å². The molecule has 0 aromatic carbocycles. The fourth-order valence-electron chi connectivity index (χ4n) is 2.61. The normalized spacial score (nSPS) is 43.7. The summed E-state index contributed by atoms with van der Waals surface area (Å²) in [6.07, 6.45) is 0. The summed E-state index contributed by atoms with van der Waals surface area (Å²) in [5, 5.41) is 17.8. The van der Waals surface area contributed by atoms with Crippen LogP contribution in [0.4, 0.5) is 0 Å². The van der Waals surface area contributed by atoms with Crippen LogP contribution in [0, 0.1) is 11.8 Å². The van der Waals surface area contributed by atoms with Crippen molar-refractivity contribution in [1.29, 1.82) is 0 Å². The van der Waals surface area contributed by atoms with Crippen molar-refractivity contribution in [2.75, 3.05) is 0 Å². The number of carboxylic acids is 2. The Kier molecular flexibility index (Phi) is 3.50. The molecule has 0 heterocycles. The van der Waals surface area contributed by atoms with E-state index in [1.165, 1.54) is 0 Å². The van der Waals surface area contributed by atoms with Gasteiger partial charge >= 0.3 is 11.9 Å². The zero-order valence-corrected chi connectivity index (χ0v) is 13.2. The highest BCUT2D eigenvalue weighted by Gasteiger charge is 2.85. The number of fused-ring (bicyclic) bond motifs is 2. The molecule has 1 saturated carbocycles. The van der Waals surface area contributed by atoms with Gasteiger partial charge in [-0.3, -0.25) is 9.59 Å². The Morgan fingerprint density at radius 1 is 0.842 bits per heavy atom. The molecule has 0 aliphatic heterocycles. The van der Waals surface area contributed by atoms with Gasteiger partial charge in [-0.15, -0.1) is 23.2 Å². The third kappa shape index (κ3) is 1.46. The van der Waals surface area contributed by atoms with Gasteiger partial charge in [0.05, 0.1) is 21.9 Å². The van der Waals surface area contributed by atoms with Gasteiger partial charge in [0.15, 0.2) is 4.33 Å². The van der Waals surface area contributed by atoms with E-state index in [9.17, 15) is 19.8 Å². The van der Waals surface area contributed by atoms with Crippen LogP contribution in [0.15, 0.2) is 10.1 Å². The molecule has 19 heavy (non-hydrogen) atoms. The topological polar surface area (TPSA) is 74.6 Å². The van der Waals surface area contributed by atoms with Gasteiger partial charge in [0.2, 0.25) is 0 Å². The Morgan fingerprint density at radius 2 is 1.11 bits per heavy atom. The van der Waals surface area contributed by atoms with Crippen molar-refractivity contribution >= 4 is 81.5 Å². The predicted octanol–water partition coefficient (Wildman–Crippen LogP) is 3.23. The molecule has 2 N–H and O–H groups in total. The summed E-state index contributed by atoms with van der Waals surface area (Å²) in [6, 6.07) is 0. The standard InChI is InChI=1S/C9H4Cl6O4/c10-3-4(11)8(13)2(6(18)19)1(5(16)17)7(3,12)9(8,14)15/h1-2H,(H,16,17)(H,18,19)/t1-,2+,7-,8-/m1/s1. The Balaban J connectivity index is 2.84. The van der Waals surface area contributed by atoms with Crippen molar-refractivity contribution in [1.82, 2.24) is 0 Å². The first-order chi connectivity index (χ1) is 8.45. The van der Waals surface area contributed by atoms with Crippen LogP contribution in [0.3, 0.4) is 0 Å². The molecular formula is C9H4Cl6O4. The van der Waals surface area contributed by atoms with Crippen LogP contribution in [0.2, 0.25) is 0 Å². The van der Waals surface area contributed by atoms with Crippen molar-refractivity contribution in [3.63, 3.8) is 0 Å². The smallest absolute Gasteiger partial charge is 0.309 e. The summed E-state index contributed by atoms with van der Waals surface area (Å²) in [7, 11) is 0. The first-order valence-corrected chi connectivity index (χ1v) is 7.00. The summed E-state index contributed by atoms with van der Waals surface area (Å²) < 4.78 is -2.18. The van der Waals surface area contributed by atoms with E-state index < -0.39 is 37.9 Å². The number of hydrogen-bond donors (Lipinski definition) is 2. The Bertz CT molecular complexity index is 487. The third-order valence-corrected chi connectivity index (χ3v) is 7.73. The molecule has 10 heteroatoms. The SMILES string of the molecule is O=C(O)[C@@H]1[C@H](C(=O)O)[C@@]2(Cl)C(Cl)=C(Cl)[C@@]1(Cl)C2(Cl)Cl. The van der Waals surface area contributed by atoms with Crippen molar-refractivity contribution in [3.8, 4) is 0 Å². The van der Waals surface area contributed by atoms with Crippen molar-refractivity contribution < 1.29 is 19.8 Å². The van der Waals surface area contributed by atoms with E-state index in [0.717, 1.165) is 0 Å². The predicted molar refractivity (Wildman–Crippen MR) is 72.6 cm³/mol. The van der Waals surface area contributed by atoms with Crippen LogP contribution in [0.5, 0.6) is 0 Å². The molecule has 0 saturated heterocycles.